The van der Waals surface area contributed by atoms with E-state index in [1.807, 2.05) is 19.1 Å². The Morgan fingerprint density at radius 3 is 2.65 bits per heavy atom. The Morgan fingerprint density at radius 1 is 1.53 bits per heavy atom. The Balaban J connectivity index is 1.92. The van der Waals surface area contributed by atoms with Crippen molar-refractivity contribution in [2.45, 2.75) is 16.6 Å². The van der Waals surface area contributed by atoms with Crippen molar-refractivity contribution in [3.8, 4) is 0 Å². The van der Waals surface area contributed by atoms with Crippen molar-refractivity contribution in [1.29, 1.82) is 0 Å². The van der Waals surface area contributed by atoms with Crippen LogP contribution in [0.15, 0.2) is 29.6 Å². The van der Waals surface area contributed by atoms with Gasteiger partial charge in [-0.3, -0.25) is 9.78 Å². The Bertz CT molecular complexity index is 461. The summed E-state index contributed by atoms with van der Waals surface area (Å²) in [6.07, 6.45) is 5.69. The molecule has 1 amide bonds. The number of carbonyl (C=O) groups excluding carboxylic acids is 1. The SMILES string of the molecule is C[C@]1(C(=O)N/N=C\c2ccncc2)CC1(Br)Br. The van der Waals surface area contributed by atoms with Gasteiger partial charge in [0.25, 0.3) is 0 Å². The molecule has 1 aromatic rings. The molecule has 1 atom stereocenters. The molecule has 0 unspecified atom stereocenters. The number of rotatable bonds is 3. The average Bonchev–Trinajstić information content (AvgIpc) is 2.81. The minimum absolute atomic E-state index is 0.100. The quantitative estimate of drug-likeness (QED) is 0.511. The van der Waals surface area contributed by atoms with E-state index in [4.69, 9.17) is 0 Å². The Morgan fingerprint density at radius 2 is 2.12 bits per heavy atom. The van der Waals surface area contributed by atoms with Crippen LogP contribution in [0.3, 0.4) is 0 Å². The van der Waals surface area contributed by atoms with Crippen molar-refractivity contribution in [2.24, 2.45) is 10.5 Å². The molecule has 0 bridgehead atoms. The van der Waals surface area contributed by atoms with Crippen molar-refractivity contribution in [1.82, 2.24) is 10.4 Å². The smallest absolute Gasteiger partial charge is 0.248 e. The first-order chi connectivity index (χ1) is 7.96. The van der Waals surface area contributed by atoms with Gasteiger partial charge in [-0.05, 0) is 31.0 Å². The highest BCUT2D eigenvalue weighted by atomic mass is 79.9. The zero-order chi connectivity index (χ0) is 12.5. The van der Waals surface area contributed by atoms with Crippen LogP contribution in [-0.2, 0) is 4.79 Å². The summed E-state index contributed by atoms with van der Waals surface area (Å²) in [5, 5.41) is 3.92. The van der Waals surface area contributed by atoms with Crippen LogP contribution in [0.2, 0.25) is 0 Å². The van der Waals surface area contributed by atoms with Crippen molar-refractivity contribution in [2.75, 3.05) is 0 Å². The monoisotopic (exact) mass is 359 g/mol. The number of alkyl halides is 2. The number of hydrogen-bond donors (Lipinski definition) is 1. The number of hydrazone groups is 1. The van der Waals surface area contributed by atoms with Gasteiger partial charge in [0.15, 0.2) is 0 Å². The number of hydrogen-bond acceptors (Lipinski definition) is 3. The molecule has 4 nitrogen and oxygen atoms in total. The summed E-state index contributed by atoms with van der Waals surface area (Å²) < 4.78 is -0.288. The molecule has 2 rings (SSSR count). The van der Waals surface area contributed by atoms with Crippen molar-refractivity contribution in [3.63, 3.8) is 0 Å². The molecular formula is C11H11Br2N3O. The molecule has 1 heterocycles. The van der Waals surface area contributed by atoms with E-state index in [9.17, 15) is 4.79 Å². The van der Waals surface area contributed by atoms with Crippen molar-refractivity contribution in [3.05, 3.63) is 30.1 Å². The molecule has 90 valence electrons. The number of carbonyl (C=O) groups is 1. The highest BCUT2D eigenvalue weighted by Crippen LogP contribution is 2.66. The summed E-state index contributed by atoms with van der Waals surface area (Å²) >= 11 is 6.88. The first-order valence-electron chi connectivity index (χ1n) is 5.07. The predicted octanol–water partition coefficient (Wildman–Crippen LogP) is 2.43. The second kappa shape index (κ2) is 4.49. The van der Waals surface area contributed by atoms with Gasteiger partial charge in [0.2, 0.25) is 5.91 Å². The van der Waals surface area contributed by atoms with Crippen LogP contribution in [0.25, 0.3) is 0 Å². The third kappa shape index (κ3) is 2.57. The molecule has 1 saturated carbocycles. The van der Waals surface area contributed by atoms with Gasteiger partial charge in [0.1, 0.15) is 0 Å². The first kappa shape index (κ1) is 12.7. The molecule has 1 fully saturated rings. The fraction of sp³-hybridized carbons (Fsp3) is 0.364. The van der Waals surface area contributed by atoms with E-state index >= 15 is 0 Å². The van der Waals surface area contributed by atoms with E-state index in [1.165, 1.54) is 0 Å². The second-order valence-corrected chi connectivity index (χ2v) is 7.96. The van der Waals surface area contributed by atoms with Crippen LogP contribution < -0.4 is 5.43 Å². The molecule has 1 aromatic heterocycles. The lowest BCUT2D eigenvalue weighted by molar-refractivity contribution is -0.125. The fourth-order valence-electron chi connectivity index (χ4n) is 1.38. The highest BCUT2D eigenvalue weighted by Gasteiger charge is 2.66. The number of nitrogens with one attached hydrogen (secondary N) is 1. The van der Waals surface area contributed by atoms with Crippen LogP contribution in [0.4, 0.5) is 0 Å². The van der Waals surface area contributed by atoms with Crippen molar-refractivity contribution < 1.29 is 4.79 Å². The predicted molar refractivity (Wildman–Crippen MR) is 73.3 cm³/mol. The molecule has 0 aliphatic heterocycles. The van der Waals surface area contributed by atoms with Gasteiger partial charge >= 0.3 is 0 Å². The fourth-order valence-corrected chi connectivity index (χ4v) is 2.87. The minimum atomic E-state index is -0.442. The molecular weight excluding hydrogens is 350 g/mol. The molecule has 0 saturated heterocycles. The largest absolute Gasteiger partial charge is 0.272 e. The zero-order valence-electron chi connectivity index (χ0n) is 9.15. The maximum atomic E-state index is 11.8. The minimum Gasteiger partial charge on any atom is -0.272 e. The first-order valence-corrected chi connectivity index (χ1v) is 6.66. The van der Waals surface area contributed by atoms with Gasteiger partial charge in [0, 0.05) is 12.4 Å². The number of halogens is 2. The van der Waals surface area contributed by atoms with E-state index in [0.717, 1.165) is 12.0 Å². The summed E-state index contributed by atoms with van der Waals surface area (Å²) in [5.74, 6) is -0.100. The molecule has 1 aliphatic carbocycles. The van der Waals surface area contributed by atoms with E-state index < -0.39 is 5.41 Å². The number of pyridine rings is 1. The van der Waals surface area contributed by atoms with Crippen molar-refractivity contribution >= 4 is 44.0 Å². The van der Waals surface area contributed by atoms with Gasteiger partial charge < -0.3 is 0 Å². The Kier molecular flexibility index (Phi) is 3.36. The van der Waals surface area contributed by atoms with Crippen LogP contribution in [0.5, 0.6) is 0 Å². The molecule has 6 heteroatoms. The average molecular weight is 361 g/mol. The lowest BCUT2D eigenvalue weighted by Gasteiger charge is -2.09. The lowest BCUT2D eigenvalue weighted by Crippen LogP contribution is -2.29. The maximum Gasteiger partial charge on any atom is 0.248 e. The molecule has 1 aliphatic rings. The summed E-state index contributed by atoms with van der Waals surface area (Å²) in [7, 11) is 0. The topological polar surface area (TPSA) is 54.4 Å². The van der Waals surface area contributed by atoms with Crippen LogP contribution in [0, 0.1) is 5.41 Å². The third-order valence-electron chi connectivity index (χ3n) is 2.84. The summed E-state index contributed by atoms with van der Waals surface area (Å²) in [4.78, 5) is 15.7. The van der Waals surface area contributed by atoms with Gasteiger partial charge in [0.05, 0.1) is 14.9 Å². The molecule has 0 aromatic carbocycles. The van der Waals surface area contributed by atoms with Crippen LogP contribution in [-0.4, -0.2) is 20.3 Å². The standard InChI is InChI=1S/C11H11Br2N3O/c1-10(7-11(10,12)13)9(17)16-15-6-8-2-4-14-5-3-8/h2-6H,7H2,1H3,(H,16,17)/b15-6-/t10-/m1/s1. The number of aromatic nitrogens is 1. The molecule has 1 N–H and O–H groups in total. The molecule has 0 radical (unpaired) electrons. The second-order valence-electron chi connectivity index (χ2n) is 4.19. The Hall–Kier alpha value is -0.750. The molecule has 0 spiro atoms. The third-order valence-corrected chi connectivity index (χ3v) is 5.16. The van der Waals surface area contributed by atoms with Crippen LogP contribution >= 0.6 is 31.9 Å². The summed E-state index contributed by atoms with van der Waals surface area (Å²) in [6, 6.07) is 3.63. The van der Waals surface area contributed by atoms with Gasteiger partial charge in [-0.2, -0.15) is 5.10 Å². The molecule has 17 heavy (non-hydrogen) atoms. The van der Waals surface area contributed by atoms with E-state index in [2.05, 4.69) is 47.4 Å². The van der Waals surface area contributed by atoms with E-state index in [-0.39, 0.29) is 9.14 Å². The maximum absolute atomic E-state index is 11.8. The summed E-state index contributed by atoms with van der Waals surface area (Å²) in [5.41, 5.74) is 2.99. The number of amides is 1. The highest BCUT2D eigenvalue weighted by molar-refractivity contribution is 9.25. The lowest BCUT2D eigenvalue weighted by atomic mass is 10.1. The van der Waals surface area contributed by atoms with E-state index in [1.54, 1.807) is 18.6 Å². The van der Waals surface area contributed by atoms with Gasteiger partial charge in [-0.1, -0.05) is 31.9 Å². The normalized spacial score (nSPS) is 25.8. The Labute approximate surface area is 116 Å². The van der Waals surface area contributed by atoms with E-state index in [0.29, 0.717) is 0 Å². The van der Waals surface area contributed by atoms with Gasteiger partial charge in [-0.15, -0.1) is 0 Å². The summed E-state index contributed by atoms with van der Waals surface area (Å²) in [6.45, 7) is 1.88. The van der Waals surface area contributed by atoms with Gasteiger partial charge in [-0.25, -0.2) is 5.43 Å². The zero-order valence-corrected chi connectivity index (χ0v) is 12.3. The number of nitrogens with zero attached hydrogens (tertiary/aromatic N) is 2. The van der Waals surface area contributed by atoms with Crippen LogP contribution in [0.1, 0.15) is 18.9 Å².